The normalized spacial score (nSPS) is 37.7. The number of anilines is 2. The van der Waals surface area contributed by atoms with Crippen LogP contribution in [0.4, 0.5) is 11.4 Å². The number of benzene rings is 1. The molecule has 1 aliphatic heterocycles. The number of carbonyl (C=O) groups excluding carboxylic acids is 1. The van der Waals surface area contributed by atoms with Crippen LogP contribution in [0.3, 0.4) is 0 Å². The zero-order valence-corrected chi connectivity index (χ0v) is 16.9. The third-order valence-electron chi connectivity index (χ3n) is 7.71. The molecule has 0 radical (unpaired) electrons. The Balaban J connectivity index is 1.33. The Morgan fingerprint density at radius 3 is 2.33 bits per heavy atom. The second kappa shape index (κ2) is 6.30. The van der Waals surface area contributed by atoms with Crippen molar-refractivity contribution in [1.82, 2.24) is 4.90 Å². The summed E-state index contributed by atoms with van der Waals surface area (Å²) in [6, 6.07) is 5.85. The maximum atomic E-state index is 13.7. The number of nitrogens with two attached hydrogens (primary N) is 1. The Hall–Kier alpha value is -1.42. The topological polar surface area (TPSA) is 49.6 Å². The number of hydrogen-bond acceptors (Lipinski definition) is 3. The molecule has 2 N–H and O–H groups in total. The molecule has 1 aromatic carbocycles. The van der Waals surface area contributed by atoms with Gasteiger partial charge in [0.05, 0.1) is 16.8 Å². The van der Waals surface area contributed by atoms with Crippen LogP contribution in [0, 0.1) is 23.2 Å². The van der Waals surface area contributed by atoms with Crippen LogP contribution in [0.5, 0.6) is 0 Å². The van der Waals surface area contributed by atoms with Crippen molar-refractivity contribution in [3.05, 3.63) is 23.2 Å². The quantitative estimate of drug-likeness (QED) is 0.774. The molecule has 1 heterocycles. The van der Waals surface area contributed by atoms with Crippen molar-refractivity contribution in [3.63, 3.8) is 0 Å². The minimum atomic E-state index is -0.0414. The van der Waals surface area contributed by atoms with Crippen molar-refractivity contribution in [2.75, 3.05) is 30.3 Å². The largest absolute Gasteiger partial charge is 0.397 e. The van der Waals surface area contributed by atoms with Gasteiger partial charge in [-0.05, 0) is 81.4 Å². The lowest BCUT2D eigenvalue weighted by Gasteiger charge is -2.57. The number of amides is 1. The average Bonchev–Trinajstić information content (AvgIpc) is 2.62. The molecule has 1 atom stereocenters. The third kappa shape index (κ3) is 2.91. The molecule has 6 rings (SSSR count). The lowest BCUT2D eigenvalue weighted by molar-refractivity contribution is -0.160. The van der Waals surface area contributed by atoms with Crippen molar-refractivity contribution >= 4 is 28.9 Å². The van der Waals surface area contributed by atoms with E-state index in [0.29, 0.717) is 10.9 Å². The van der Waals surface area contributed by atoms with Crippen molar-refractivity contribution in [3.8, 4) is 0 Å². The van der Waals surface area contributed by atoms with Gasteiger partial charge in [0.25, 0.3) is 0 Å². The van der Waals surface area contributed by atoms with Crippen molar-refractivity contribution < 1.29 is 4.79 Å². The highest BCUT2D eigenvalue weighted by atomic mass is 35.5. The molecule has 4 saturated carbocycles. The van der Waals surface area contributed by atoms with Gasteiger partial charge in [0.15, 0.2) is 0 Å². The van der Waals surface area contributed by atoms with E-state index in [0.717, 1.165) is 68.0 Å². The van der Waals surface area contributed by atoms with E-state index in [1.165, 1.54) is 19.3 Å². The molecule has 5 heteroatoms. The van der Waals surface area contributed by atoms with Gasteiger partial charge in [0.1, 0.15) is 0 Å². The van der Waals surface area contributed by atoms with Gasteiger partial charge in [-0.1, -0.05) is 11.6 Å². The zero-order valence-electron chi connectivity index (χ0n) is 16.2. The monoisotopic (exact) mass is 387 g/mol. The van der Waals surface area contributed by atoms with Gasteiger partial charge >= 0.3 is 0 Å². The Labute approximate surface area is 167 Å². The lowest BCUT2D eigenvalue weighted by atomic mass is 9.49. The summed E-state index contributed by atoms with van der Waals surface area (Å²) in [7, 11) is 0. The summed E-state index contributed by atoms with van der Waals surface area (Å²) < 4.78 is 0. The first-order valence-electron chi connectivity index (χ1n) is 10.5. The van der Waals surface area contributed by atoms with Gasteiger partial charge in [0.2, 0.25) is 5.91 Å². The summed E-state index contributed by atoms with van der Waals surface area (Å²) in [5.41, 5.74) is 7.89. The number of hydrogen-bond donors (Lipinski definition) is 1. The van der Waals surface area contributed by atoms with Crippen LogP contribution in [-0.4, -0.2) is 36.5 Å². The molecule has 0 spiro atoms. The molecular formula is C22H30ClN3O. The van der Waals surface area contributed by atoms with E-state index in [4.69, 9.17) is 17.3 Å². The fraction of sp³-hybridized carbons (Fsp3) is 0.682. The summed E-state index contributed by atoms with van der Waals surface area (Å²) >= 11 is 6.18. The van der Waals surface area contributed by atoms with Gasteiger partial charge in [-0.25, -0.2) is 0 Å². The molecule has 27 heavy (non-hydrogen) atoms. The number of piperazine rings is 1. The average molecular weight is 388 g/mol. The molecule has 4 bridgehead atoms. The summed E-state index contributed by atoms with van der Waals surface area (Å²) in [4.78, 5) is 18.2. The van der Waals surface area contributed by atoms with Crippen LogP contribution < -0.4 is 10.6 Å². The van der Waals surface area contributed by atoms with Crippen LogP contribution in [0.2, 0.25) is 5.02 Å². The molecule has 5 aliphatic rings. The fourth-order valence-electron chi connectivity index (χ4n) is 6.95. The van der Waals surface area contributed by atoms with E-state index in [2.05, 4.69) is 16.7 Å². The van der Waals surface area contributed by atoms with Gasteiger partial charge in [-0.15, -0.1) is 0 Å². The number of rotatable bonds is 2. The number of carbonyl (C=O) groups is 1. The Morgan fingerprint density at radius 1 is 1.11 bits per heavy atom. The van der Waals surface area contributed by atoms with Gasteiger partial charge in [0, 0.05) is 30.7 Å². The molecule has 0 unspecified atom stereocenters. The second-order valence-corrected chi connectivity index (χ2v) is 10.1. The lowest BCUT2D eigenvalue weighted by Crippen LogP contribution is -2.61. The molecule has 1 aromatic rings. The minimum Gasteiger partial charge on any atom is -0.397 e. The highest BCUT2D eigenvalue weighted by molar-refractivity contribution is 6.31. The van der Waals surface area contributed by atoms with Crippen molar-refractivity contribution in [2.24, 2.45) is 23.2 Å². The smallest absolute Gasteiger partial charge is 0.229 e. The third-order valence-corrected chi connectivity index (χ3v) is 7.95. The Kier molecular flexibility index (Phi) is 4.12. The minimum absolute atomic E-state index is 0.0414. The zero-order chi connectivity index (χ0) is 18.8. The Bertz CT molecular complexity index is 729. The molecule has 5 fully saturated rings. The van der Waals surface area contributed by atoms with Gasteiger partial charge in [-0.3, -0.25) is 4.79 Å². The number of nitrogens with zero attached hydrogens (tertiary/aromatic N) is 2. The van der Waals surface area contributed by atoms with Crippen LogP contribution in [-0.2, 0) is 4.79 Å². The Morgan fingerprint density at radius 2 is 1.74 bits per heavy atom. The molecule has 4 nitrogen and oxygen atoms in total. The maximum Gasteiger partial charge on any atom is 0.229 e. The summed E-state index contributed by atoms with van der Waals surface area (Å²) in [5.74, 6) is 2.88. The van der Waals surface area contributed by atoms with Crippen LogP contribution >= 0.6 is 11.6 Å². The predicted octanol–water partition coefficient (Wildman–Crippen LogP) is 4.18. The first kappa shape index (κ1) is 17.7. The van der Waals surface area contributed by atoms with E-state index in [-0.39, 0.29) is 11.5 Å². The van der Waals surface area contributed by atoms with Crippen molar-refractivity contribution in [2.45, 2.75) is 51.5 Å². The van der Waals surface area contributed by atoms with E-state index in [1.54, 1.807) is 0 Å². The van der Waals surface area contributed by atoms with Crippen LogP contribution in [0.1, 0.15) is 45.4 Å². The standard InChI is InChI=1S/C22H30ClN3O/c1-14-13-25(20-9-18(23)2-3-19(20)24)4-5-26(14)21(27)22-10-15-6-16(11-22)8-17(7-15)12-22/h2-3,9,14-17H,4-8,10-13,24H2,1H3/t14-,15?,16?,17?,22?/m1/s1. The first-order valence-corrected chi connectivity index (χ1v) is 10.9. The summed E-state index contributed by atoms with van der Waals surface area (Å²) in [6.45, 7) is 4.62. The van der Waals surface area contributed by atoms with Gasteiger partial charge in [-0.2, -0.15) is 0 Å². The van der Waals surface area contributed by atoms with E-state index in [1.807, 2.05) is 18.2 Å². The van der Waals surface area contributed by atoms with E-state index < -0.39 is 0 Å². The second-order valence-electron chi connectivity index (χ2n) is 9.69. The highest BCUT2D eigenvalue weighted by Crippen LogP contribution is 2.60. The van der Waals surface area contributed by atoms with E-state index >= 15 is 0 Å². The predicted molar refractivity (Wildman–Crippen MR) is 110 cm³/mol. The van der Waals surface area contributed by atoms with Crippen molar-refractivity contribution in [1.29, 1.82) is 0 Å². The van der Waals surface area contributed by atoms with Crippen LogP contribution in [0.25, 0.3) is 0 Å². The maximum absolute atomic E-state index is 13.7. The molecule has 146 valence electrons. The number of nitrogen functional groups attached to an aromatic ring is 1. The fourth-order valence-corrected chi connectivity index (χ4v) is 7.11. The molecule has 1 saturated heterocycles. The molecular weight excluding hydrogens is 358 g/mol. The summed E-state index contributed by atoms with van der Waals surface area (Å²) in [6.07, 6.45) is 7.57. The SMILES string of the molecule is C[C@@H]1CN(c2cc(Cl)ccc2N)CCN1C(=O)C12CC3CC(CC(C3)C1)C2. The highest BCUT2D eigenvalue weighted by Gasteiger charge is 2.56. The first-order chi connectivity index (χ1) is 12.9. The summed E-state index contributed by atoms with van der Waals surface area (Å²) in [5, 5.41) is 0.707. The number of halogens is 1. The molecule has 4 aliphatic carbocycles. The van der Waals surface area contributed by atoms with Gasteiger partial charge < -0.3 is 15.5 Å². The van der Waals surface area contributed by atoms with Crippen LogP contribution in [0.15, 0.2) is 18.2 Å². The molecule has 0 aromatic heterocycles. The molecule has 1 amide bonds. The van der Waals surface area contributed by atoms with E-state index in [9.17, 15) is 4.79 Å².